The van der Waals surface area contributed by atoms with Crippen LogP contribution >= 0.6 is 15.9 Å². The Balaban J connectivity index is 1.97. The van der Waals surface area contributed by atoms with Crippen molar-refractivity contribution in [3.05, 3.63) is 0 Å². The molecule has 84 valence electrons. The van der Waals surface area contributed by atoms with Crippen molar-refractivity contribution in [2.75, 3.05) is 13.7 Å². The van der Waals surface area contributed by atoms with Crippen molar-refractivity contribution in [2.45, 2.75) is 56.1 Å². The zero-order chi connectivity index (χ0) is 10.4. The molecule has 3 atom stereocenters. The lowest BCUT2D eigenvalue weighted by Gasteiger charge is -2.40. The highest BCUT2D eigenvalue weighted by Crippen LogP contribution is 2.32. The van der Waals surface area contributed by atoms with E-state index < -0.39 is 0 Å². The molecule has 0 aromatic rings. The fourth-order valence-corrected chi connectivity index (χ4v) is 2.68. The molecule has 0 aliphatic heterocycles. The molecule has 0 N–H and O–H groups in total. The fourth-order valence-electron chi connectivity index (χ4n) is 1.75. The summed E-state index contributed by atoms with van der Waals surface area (Å²) in [6.07, 6.45) is 6.77. The summed E-state index contributed by atoms with van der Waals surface area (Å²) >= 11 is 3.56. The van der Waals surface area contributed by atoms with Gasteiger partial charge in [0.2, 0.25) is 0 Å². The molecule has 3 unspecified atom stereocenters. The molecule has 0 aromatic carbocycles. The number of methoxy groups -OCH3 is 1. The molecule has 0 aromatic heterocycles. The maximum absolute atomic E-state index is 5.74. The minimum atomic E-state index is 0.265. The molecule has 1 fully saturated rings. The molecule has 1 aliphatic carbocycles. The lowest BCUT2D eigenvalue weighted by Crippen LogP contribution is -2.50. The number of ether oxygens (including phenoxy) is 2. The van der Waals surface area contributed by atoms with Crippen molar-refractivity contribution in [1.29, 1.82) is 0 Å². The highest BCUT2D eigenvalue weighted by atomic mass is 79.9. The summed E-state index contributed by atoms with van der Waals surface area (Å²) in [6.45, 7) is 3.12. The van der Waals surface area contributed by atoms with Crippen LogP contribution in [0.5, 0.6) is 0 Å². The molecular formula is C11H21BrO2. The van der Waals surface area contributed by atoms with Crippen molar-refractivity contribution < 1.29 is 9.47 Å². The number of halogens is 1. The molecule has 0 amide bonds. The first-order valence-electron chi connectivity index (χ1n) is 5.58. The van der Waals surface area contributed by atoms with Gasteiger partial charge in [-0.1, -0.05) is 42.1 Å². The van der Waals surface area contributed by atoms with Crippen molar-refractivity contribution >= 4 is 15.9 Å². The lowest BCUT2D eigenvalue weighted by molar-refractivity contribution is -0.107. The van der Waals surface area contributed by atoms with Crippen LogP contribution in [-0.2, 0) is 9.47 Å². The monoisotopic (exact) mass is 264 g/mol. The van der Waals surface area contributed by atoms with E-state index in [0.29, 0.717) is 10.9 Å². The zero-order valence-electron chi connectivity index (χ0n) is 9.17. The largest absolute Gasteiger partial charge is 0.378 e. The first-order valence-corrected chi connectivity index (χ1v) is 6.49. The molecule has 1 aliphatic rings. The Morgan fingerprint density at radius 3 is 2.64 bits per heavy atom. The topological polar surface area (TPSA) is 18.5 Å². The second kappa shape index (κ2) is 6.81. The van der Waals surface area contributed by atoms with E-state index >= 15 is 0 Å². The van der Waals surface area contributed by atoms with E-state index in [1.165, 1.54) is 25.7 Å². The van der Waals surface area contributed by atoms with E-state index in [9.17, 15) is 0 Å². The van der Waals surface area contributed by atoms with Crippen LogP contribution in [0.15, 0.2) is 0 Å². The minimum Gasteiger partial charge on any atom is -0.378 e. The van der Waals surface area contributed by atoms with Gasteiger partial charge >= 0.3 is 0 Å². The van der Waals surface area contributed by atoms with Crippen LogP contribution in [0.1, 0.15) is 39.0 Å². The Labute approximate surface area is 95.5 Å². The van der Waals surface area contributed by atoms with E-state index in [1.54, 1.807) is 7.11 Å². The second-order valence-corrected chi connectivity index (χ2v) is 5.10. The van der Waals surface area contributed by atoms with Gasteiger partial charge in [0.15, 0.2) is 0 Å². The predicted octanol–water partition coefficient (Wildman–Crippen LogP) is 3.13. The quantitative estimate of drug-likeness (QED) is 0.520. The van der Waals surface area contributed by atoms with Crippen molar-refractivity contribution in [3.8, 4) is 0 Å². The Kier molecular flexibility index (Phi) is 6.06. The predicted molar refractivity (Wildman–Crippen MR) is 62.0 cm³/mol. The average molecular weight is 265 g/mol. The van der Waals surface area contributed by atoms with E-state index in [2.05, 4.69) is 22.9 Å². The van der Waals surface area contributed by atoms with E-state index in [-0.39, 0.29) is 6.10 Å². The van der Waals surface area contributed by atoms with Crippen LogP contribution in [0.25, 0.3) is 0 Å². The van der Waals surface area contributed by atoms with Gasteiger partial charge in [-0.3, -0.25) is 0 Å². The molecular weight excluding hydrogens is 244 g/mol. The molecule has 1 saturated carbocycles. The van der Waals surface area contributed by atoms with Gasteiger partial charge in [-0.25, -0.2) is 0 Å². The third-order valence-corrected chi connectivity index (χ3v) is 3.68. The maximum atomic E-state index is 5.74. The molecule has 1 rings (SSSR count). The Morgan fingerprint density at radius 1 is 1.29 bits per heavy atom. The van der Waals surface area contributed by atoms with E-state index in [1.807, 2.05) is 0 Å². The van der Waals surface area contributed by atoms with Gasteiger partial charge in [0.25, 0.3) is 0 Å². The minimum absolute atomic E-state index is 0.265. The SMILES string of the molecule is CCCCCCOC1CC(Br)C1OC. The summed E-state index contributed by atoms with van der Waals surface area (Å²) in [6, 6.07) is 0. The smallest absolute Gasteiger partial charge is 0.0958 e. The van der Waals surface area contributed by atoms with Crippen LogP contribution < -0.4 is 0 Å². The highest BCUT2D eigenvalue weighted by molar-refractivity contribution is 9.09. The van der Waals surface area contributed by atoms with Gasteiger partial charge in [-0.05, 0) is 12.8 Å². The average Bonchev–Trinajstić information content (AvgIpc) is 2.16. The Hall–Kier alpha value is 0.400. The van der Waals surface area contributed by atoms with Crippen molar-refractivity contribution in [3.63, 3.8) is 0 Å². The van der Waals surface area contributed by atoms with E-state index in [4.69, 9.17) is 9.47 Å². The lowest BCUT2D eigenvalue weighted by atomic mass is 9.91. The molecule has 0 bridgehead atoms. The molecule has 14 heavy (non-hydrogen) atoms. The fraction of sp³-hybridized carbons (Fsp3) is 1.00. The molecule has 0 saturated heterocycles. The van der Waals surface area contributed by atoms with Crippen LogP contribution in [0.3, 0.4) is 0 Å². The third kappa shape index (κ3) is 3.52. The third-order valence-electron chi connectivity index (χ3n) is 2.78. The van der Waals surface area contributed by atoms with Gasteiger partial charge in [-0.15, -0.1) is 0 Å². The van der Waals surface area contributed by atoms with Gasteiger partial charge in [0.1, 0.15) is 0 Å². The van der Waals surface area contributed by atoms with Gasteiger partial charge in [0.05, 0.1) is 12.2 Å². The van der Waals surface area contributed by atoms with Crippen LogP contribution in [0.2, 0.25) is 0 Å². The molecule has 0 spiro atoms. The number of rotatable bonds is 7. The summed E-state index contributed by atoms with van der Waals surface area (Å²) < 4.78 is 11.1. The summed E-state index contributed by atoms with van der Waals surface area (Å²) in [5.41, 5.74) is 0. The summed E-state index contributed by atoms with van der Waals surface area (Å²) in [7, 11) is 1.76. The summed E-state index contributed by atoms with van der Waals surface area (Å²) in [5, 5.41) is 0. The van der Waals surface area contributed by atoms with Crippen LogP contribution in [0.4, 0.5) is 0 Å². The van der Waals surface area contributed by atoms with Crippen molar-refractivity contribution in [1.82, 2.24) is 0 Å². The Morgan fingerprint density at radius 2 is 2.07 bits per heavy atom. The Bertz CT molecular complexity index is 152. The first kappa shape index (κ1) is 12.5. The number of hydrogen-bond acceptors (Lipinski definition) is 2. The molecule has 2 nitrogen and oxygen atoms in total. The standard InChI is InChI=1S/C11H21BrO2/c1-3-4-5-6-7-14-10-8-9(12)11(10)13-2/h9-11H,3-8H2,1-2H3. The molecule has 0 radical (unpaired) electrons. The van der Waals surface area contributed by atoms with E-state index in [0.717, 1.165) is 13.0 Å². The second-order valence-electron chi connectivity index (χ2n) is 3.92. The number of alkyl halides is 1. The summed E-state index contributed by atoms with van der Waals surface area (Å²) in [5.74, 6) is 0. The summed E-state index contributed by atoms with van der Waals surface area (Å²) in [4.78, 5) is 0.494. The van der Waals surface area contributed by atoms with Gasteiger partial charge < -0.3 is 9.47 Å². The molecule has 3 heteroatoms. The first-order chi connectivity index (χ1) is 6.79. The van der Waals surface area contributed by atoms with Crippen LogP contribution in [-0.4, -0.2) is 30.8 Å². The zero-order valence-corrected chi connectivity index (χ0v) is 10.8. The highest BCUT2D eigenvalue weighted by Gasteiger charge is 2.40. The molecule has 0 heterocycles. The maximum Gasteiger partial charge on any atom is 0.0958 e. The van der Waals surface area contributed by atoms with Gasteiger partial charge in [-0.2, -0.15) is 0 Å². The normalized spacial score (nSPS) is 31.5. The number of unbranched alkanes of at least 4 members (excludes halogenated alkanes) is 3. The van der Waals surface area contributed by atoms with Gasteiger partial charge in [0, 0.05) is 18.5 Å². The van der Waals surface area contributed by atoms with Crippen LogP contribution in [0, 0.1) is 0 Å². The van der Waals surface area contributed by atoms with Crippen molar-refractivity contribution in [2.24, 2.45) is 0 Å². The number of hydrogen-bond donors (Lipinski definition) is 0.